The predicted molar refractivity (Wildman–Crippen MR) is 70.4 cm³/mol. The third-order valence-electron chi connectivity index (χ3n) is 3.71. The molecular weight excluding hydrogens is 266 g/mol. The zero-order valence-corrected chi connectivity index (χ0v) is 11.5. The van der Waals surface area contributed by atoms with Crippen LogP contribution in [0.3, 0.4) is 0 Å². The normalized spacial score (nSPS) is 29.6. The summed E-state index contributed by atoms with van der Waals surface area (Å²) in [7, 11) is -1.80. The van der Waals surface area contributed by atoms with Gasteiger partial charge in [-0.3, -0.25) is 0 Å². The van der Waals surface area contributed by atoms with Crippen LogP contribution in [-0.4, -0.2) is 38.7 Å². The van der Waals surface area contributed by atoms with E-state index in [9.17, 15) is 8.42 Å². The molecule has 3 heterocycles. The molecule has 0 spiro atoms. The Morgan fingerprint density at radius 3 is 2.89 bits per heavy atom. The first-order chi connectivity index (χ1) is 9.08. The van der Waals surface area contributed by atoms with Gasteiger partial charge in [-0.1, -0.05) is 0 Å². The molecule has 3 rings (SSSR count). The molecule has 2 saturated heterocycles. The van der Waals surface area contributed by atoms with Crippen molar-refractivity contribution in [3.8, 4) is 0 Å². The Kier molecular flexibility index (Phi) is 3.20. The van der Waals surface area contributed by atoms with E-state index in [4.69, 9.17) is 4.74 Å². The van der Waals surface area contributed by atoms with Crippen LogP contribution in [0.4, 0.5) is 5.82 Å². The van der Waals surface area contributed by atoms with E-state index in [1.165, 1.54) is 18.3 Å². The van der Waals surface area contributed by atoms with Gasteiger partial charge in [0.25, 0.3) is 0 Å². The van der Waals surface area contributed by atoms with Gasteiger partial charge >= 0.3 is 0 Å². The Balaban J connectivity index is 1.78. The van der Waals surface area contributed by atoms with Crippen molar-refractivity contribution in [2.75, 3.05) is 12.4 Å². The molecule has 1 aromatic heterocycles. The number of hydrogen-bond acceptors (Lipinski definition) is 5. The van der Waals surface area contributed by atoms with E-state index in [0.29, 0.717) is 5.82 Å². The van der Waals surface area contributed by atoms with Crippen molar-refractivity contribution in [2.45, 2.75) is 42.4 Å². The molecule has 2 aliphatic rings. The van der Waals surface area contributed by atoms with Gasteiger partial charge in [0, 0.05) is 19.3 Å². The van der Waals surface area contributed by atoms with Crippen LogP contribution >= 0.6 is 0 Å². The average Bonchev–Trinajstić information content (AvgIpc) is 3.00. The first-order valence-corrected chi connectivity index (χ1v) is 7.88. The summed E-state index contributed by atoms with van der Waals surface area (Å²) in [6, 6.07) is 2.92. The minimum absolute atomic E-state index is 0.0328. The molecule has 0 saturated carbocycles. The fraction of sp³-hybridized carbons (Fsp3) is 0.583. The minimum atomic E-state index is -3.51. The maximum atomic E-state index is 12.3. The van der Waals surface area contributed by atoms with E-state index < -0.39 is 10.0 Å². The summed E-state index contributed by atoms with van der Waals surface area (Å²) < 4.78 is 33.0. The molecule has 0 amide bonds. The highest BCUT2D eigenvalue weighted by Crippen LogP contribution is 2.35. The van der Waals surface area contributed by atoms with Crippen molar-refractivity contribution in [1.82, 2.24) is 9.71 Å². The first-order valence-electron chi connectivity index (χ1n) is 6.40. The molecule has 19 heavy (non-hydrogen) atoms. The lowest BCUT2D eigenvalue weighted by Crippen LogP contribution is -2.41. The molecule has 0 aromatic carbocycles. The summed E-state index contributed by atoms with van der Waals surface area (Å²) in [5.41, 5.74) is 0. The fourth-order valence-corrected chi connectivity index (χ4v) is 4.03. The van der Waals surface area contributed by atoms with Gasteiger partial charge in [0.1, 0.15) is 5.82 Å². The van der Waals surface area contributed by atoms with Gasteiger partial charge in [-0.25, -0.2) is 18.1 Å². The van der Waals surface area contributed by atoms with E-state index in [1.807, 2.05) is 0 Å². The summed E-state index contributed by atoms with van der Waals surface area (Å²) in [4.78, 5) is 4.24. The molecular formula is C12H17N3O3S. The molecule has 7 heteroatoms. The summed E-state index contributed by atoms with van der Waals surface area (Å²) in [6.45, 7) is 0. The number of nitrogens with zero attached hydrogens (tertiary/aromatic N) is 1. The van der Waals surface area contributed by atoms with Crippen molar-refractivity contribution in [3.05, 3.63) is 18.3 Å². The van der Waals surface area contributed by atoms with Crippen molar-refractivity contribution in [2.24, 2.45) is 0 Å². The van der Waals surface area contributed by atoms with Gasteiger partial charge in [-0.15, -0.1) is 0 Å². The highest BCUT2D eigenvalue weighted by atomic mass is 32.2. The second kappa shape index (κ2) is 4.73. The lowest BCUT2D eigenvalue weighted by molar-refractivity contribution is 0.0996. The van der Waals surface area contributed by atoms with Gasteiger partial charge in [0.05, 0.1) is 23.1 Å². The molecule has 3 atom stereocenters. The summed E-state index contributed by atoms with van der Waals surface area (Å²) in [5, 5.41) is 2.83. The molecule has 2 N–H and O–H groups in total. The Labute approximate surface area is 112 Å². The molecule has 0 aliphatic carbocycles. The average molecular weight is 283 g/mol. The van der Waals surface area contributed by atoms with Gasteiger partial charge in [0.2, 0.25) is 10.0 Å². The number of ether oxygens (including phenoxy) is 1. The van der Waals surface area contributed by atoms with E-state index in [2.05, 4.69) is 15.0 Å². The smallest absolute Gasteiger partial charge is 0.241 e. The minimum Gasteiger partial charge on any atom is -0.373 e. The van der Waals surface area contributed by atoms with Crippen molar-refractivity contribution in [3.63, 3.8) is 0 Å². The number of rotatable bonds is 4. The number of anilines is 1. The zero-order valence-electron chi connectivity index (χ0n) is 10.7. The molecule has 2 bridgehead atoms. The number of aromatic nitrogens is 1. The molecule has 1 aromatic rings. The molecule has 3 unspecified atom stereocenters. The summed E-state index contributed by atoms with van der Waals surface area (Å²) in [6.07, 6.45) is 4.50. The van der Waals surface area contributed by atoms with Gasteiger partial charge in [-0.05, 0) is 25.3 Å². The quantitative estimate of drug-likeness (QED) is 0.851. The van der Waals surface area contributed by atoms with Crippen LogP contribution in [0.2, 0.25) is 0 Å². The van der Waals surface area contributed by atoms with Crippen LogP contribution < -0.4 is 10.0 Å². The molecule has 104 valence electrons. The number of fused-ring (bicyclic) bond motifs is 2. The van der Waals surface area contributed by atoms with Crippen molar-refractivity contribution >= 4 is 15.8 Å². The second-order valence-electron chi connectivity index (χ2n) is 4.96. The van der Waals surface area contributed by atoms with Crippen LogP contribution in [-0.2, 0) is 14.8 Å². The first kappa shape index (κ1) is 12.8. The Morgan fingerprint density at radius 2 is 2.26 bits per heavy atom. The highest BCUT2D eigenvalue weighted by molar-refractivity contribution is 7.89. The van der Waals surface area contributed by atoms with Crippen molar-refractivity contribution < 1.29 is 13.2 Å². The van der Waals surface area contributed by atoms with Gasteiger partial charge in [0.15, 0.2) is 0 Å². The third-order valence-corrected chi connectivity index (χ3v) is 5.20. The molecule has 2 aliphatic heterocycles. The number of pyridine rings is 1. The van der Waals surface area contributed by atoms with Crippen molar-refractivity contribution in [1.29, 1.82) is 0 Å². The van der Waals surface area contributed by atoms with Crippen LogP contribution in [0, 0.1) is 0 Å². The standard InChI is InChI=1S/C12H17N3O3S/c1-13-12-7-9(4-5-14-12)19(16,17)15-10-6-8-2-3-11(10)18-8/h4-5,7-8,10-11,15H,2-3,6H2,1H3,(H,13,14). The van der Waals surface area contributed by atoms with Crippen LogP contribution in [0.25, 0.3) is 0 Å². The maximum Gasteiger partial charge on any atom is 0.241 e. The number of hydrogen-bond donors (Lipinski definition) is 2. The molecule has 2 fully saturated rings. The van der Waals surface area contributed by atoms with Gasteiger partial charge < -0.3 is 10.1 Å². The molecule has 0 radical (unpaired) electrons. The van der Waals surface area contributed by atoms with E-state index in [-0.39, 0.29) is 23.1 Å². The topological polar surface area (TPSA) is 80.3 Å². The SMILES string of the molecule is CNc1cc(S(=O)(=O)NC2CC3CCC2O3)ccn1. The zero-order chi connectivity index (χ0) is 13.5. The monoisotopic (exact) mass is 283 g/mol. The van der Waals surface area contributed by atoms with Crippen LogP contribution in [0.15, 0.2) is 23.2 Å². The Morgan fingerprint density at radius 1 is 1.42 bits per heavy atom. The van der Waals surface area contributed by atoms with E-state index in [0.717, 1.165) is 19.3 Å². The predicted octanol–water partition coefficient (Wildman–Crippen LogP) is 0.721. The largest absolute Gasteiger partial charge is 0.373 e. The van der Waals surface area contributed by atoms with E-state index >= 15 is 0 Å². The maximum absolute atomic E-state index is 12.3. The highest BCUT2D eigenvalue weighted by Gasteiger charge is 2.42. The summed E-state index contributed by atoms with van der Waals surface area (Å²) >= 11 is 0. The van der Waals surface area contributed by atoms with E-state index in [1.54, 1.807) is 7.05 Å². The second-order valence-corrected chi connectivity index (χ2v) is 6.68. The fourth-order valence-electron chi connectivity index (χ4n) is 2.74. The third kappa shape index (κ3) is 2.45. The lowest BCUT2D eigenvalue weighted by atomic mass is 9.96. The summed E-state index contributed by atoms with van der Waals surface area (Å²) in [5.74, 6) is 0.534. The Bertz CT molecular complexity index is 575. The van der Waals surface area contributed by atoms with Crippen LogP contribution in [0.5, 0.6) is 0 Å². The lowest BCUT2D eigenvalue weighted by Gasteiger charge is -2.20. The molecule has 6 nitrogen and oxygen atoms in total. The Hall–Kier alpha value is -1.18. The van der Waals surface area contributed by atoms with Crippen LogP contribution in [0.1, 0.15) is 19.3 Å². The number of nitrogens with one attached hydrogen (secondary N) is 2. The van der Waals surface area contributed by atoms with Gasteiger partial charge in [-0.2, -0.15) is 0 Å². The number of sulfonamides is 1.